The second-order valence-electron chi connectivity index (χ2n) is 7.75. The largest absolute Gasteiger partial charge is 0.298 e. The SMILES string of the molecule is CCCc1sc(NC(=O)c2cn(-c3ccccc3)nc2-c2ccccc2)nc1-c1ccccn1. The molecular formula is C27H23N5OS. The Morgan fingerprint density at radius 3 is 2.38 bits per heavy atom. The van der Waals surface area contributed by atoms with E-state index in [2.05, 4.69) is 17.2 Å². The highest BCUT2D eigenvalue weighted by molar-refractivity contribution is 7.16. The van der Waals surface area contributed by atoms with Gasteiger partial charge in [-0.2, -0.15) is 5.10 Å². The number of aromatic nitrogens is 4. The van der Waals surface area contributed by atoms with Gasteiger partial charge in [-0.05, 0) is 30.7 Å². The Morgan fingerprint density at radius 1 is 0.941 bits per heavy atom. The quantitative estimate of drug-likeness (QED) is 0.308. The Morgan fingerprint density at radius 2 is 1.68 bits per heavy atom. The lowest BCUT2D eigenvalue weighted by molar-refractivity contribution is 0.102. The van der Waals surface area contributed by atoms with Gasteiger partial charge in [0.2, 0.25) is 0 Å². The second kappa shape index (κ2) is 9.80. The molecule has 5 aromatic rings. The summed E-state index contributed by atoms with van der Waals surface area (Å²) in [6.07, 6.45) is 5.39. The third-order valence-corrected chi connectivity index (χ3v) is 6.36. The average molecular weight is 466 g/mol. The van der Waals surface area contributed by atoms with Crippen LogP contribution in [-0.4, -0.2) is 25.7 Å². The van der Waals surface area contributed by atoms with E-state index in [-0.39, 0.29) is 5.91 Å². The number of aryl methyl sites for hydroxylation is 1. The number of hydrogen-bond donors (Lipinski definition) is 1. The first-order valence-electron chi connectivity index (χ1n) is 11.2. The van der Waals surface area contributed by atoms with Crippen LogP contribution in [0.1, 0.15) is 28.6 Å². The molecule has 3 aromatic heterocycles. The molecule has 0 fully saturated rings. The van der Waals surface area contributed by atoms with Crippen molar-refractivity contribution < 1.29 is 4.79 Å². The van der Waals surface area contributed by atoms with Gasteiger partial charge in [-0.15, -0.1) is 11.3 Å². The molecule has 0 radical (unpaired) electrons. The van der Waals surface area contributed by atoms with Crippen molar-refractivity contribution in [3.63, 3.8) is 0 Å². The van der Waals surface area contributed by atoms with Crippen LogP contribution in [0.15, 0.2) is 91.3 Å². The molecule has 3 heterocycles. The zero-order valence-corrected chi connectivity index (χ0v) is 19.5. The number of nitrogens with one attached hydrogen (secondary N) is 1. The van der Waals surface area contributed by atoms with Gasteiger partial charge >= 0.3 is 0 Å². The van der Waals surface area contributed by atoms with Crippen LogP contribution in [0.5, 0.6) is 0 Å². The smallest absolute Gasteiger partial charge is 0.261 e. The molecule has 5 rings (SSSR count). The molecule has 34 heavy (non-hydrogen) atoms. The van der Waals surface area contributed by atoms with Crippen molar-refractivity contribution in [1.82, 2.24) is 19.7 Å². The van der Waals surface area contributed by atoms with Gasteiger partial charge in [-0.1, -0.05) is 67.9 Å². The molecule has 0 unspecified atom stereocenters. The molecule has 6 nitrogen and oxygen atoms in total. The number of nitrogens with zero attached hydrogens (tertiary/aromatic N) is 4. The van der Waals surface area contributed by atoms with E-state index in [9.17, 15) is 4.79 Å². The van der Waals surface area contributed by atoms with E-state index in [0.717, 1.165) is 40.4 Å². The molecule has 1 N–H and O–H groups in total. The van der Waals surface area contributed by atoms with Gasteiger partial charge in [0.15, 0.2) is 5.13 Å². The van der Waals surface area contributed by atoms with Crippen LogP contribution in [0.2, 0.25) is 0 Å². The van der Waals surface area contributed by atoms with E-state index in [1.54, 1.807) is 17.1 Å². The number of thiazole rings is 1. The van der Waals surface area contributed by atoms with Crippen LogP contribution in [0.3, 0.4) is 0 Å². The van der Waals surface area contributed by atoms with Crippen LogP contribution >= 0.6 is 11.3 Å². The average Bonchev–Trinajstić information content (AvgIpc) is 3.51. The minimum atomic E-state index is -0.245. The monoisotopic (exact) mass is 465 g/mol. The number of hydrogen-bond acceptors (Lipinski definition) is 5. The van der Waals surface area contributed by atoms with Crippen LogP contribution < -0.4 is 5.32 Å². The standard InChI is InChI=1S/C27H23N5OS/c1-2-11-23-25(22-16-9-10-17-28-22)29-27(34-23)30-26(33)21-18-32(20-14-7-4-8-15-20)31-24(21)19-12-5-3-6-13-19/h3-10,12-18H,2,11H2,1H3,(H,29,30,33). The Hall–Kier alpha value is -4.10. The summed E-state index contributed by atoms with van der Waals surface area (Å²) in [5.41, 5.74) is 4.51. The van der Waals surface area contributed by atoms with Crippen molar-refractivity contribution >= 4 is 22.4 Å². The molecule has 2 aromatic carbocycles. The first-order chi connectivity index (χ1) is 16.7. The normalized spacial score (nSPS) is 10.9. The highest BCUT2D eigenvalue weighted by Gasteiger charge is 2.21. The fourth-order valence-corrected chi connectivity index (χ4v) is 4.80. The highest BCUT2D eigenvalue weighted by atomic mass is 32.1. The zero-order chi connectivity index (χ0) is 23.3. The van der Waals surface area contributed by atoms with Crippen molar-refractivity contribution in [3.05, 3.63) is 102 Å². The molecule has 0 aliphatic carbocycles. The number of rotatable bonds is 7. The molecule has 0 aliphatic heterocycles. The molecule has 0 saturated heterocycles. The Bertz CT molecular complexity index is 1400. The van der Waals surface area contributed by atoms with Gasteiger partial charge in [0.1, 0.15) is 11.4 Å². The molecule has 0 atom stereocenters. The van der Waals surface area contributed by atoms with Crippen molar-refractivity contribution in [1.29, 1.82) is 0 Å². The molecule has 1 amide bonds. The summed E-state index contributed by atoms with van der Waals surface area (Å²) in [5, 5.41) is 8.31. The summed E-state index contributed by atoms with van der Waals surface area (Å²) in [4.78, 5) is 23.7. The van der Waals surface area contributed by atoms with Crippen LogP contribution in [0, 0.1) is 0 Å². The number of para-hydroxylation sites is 1. The molecule has 0 aliphatic rings. The summed E-state index contributed by atoms with van der Waals surface area (Å²) in [5.74, 6) is -0.245. The third-order valence-electron chi connectivity index (χ3n) is 5.33. The lowest BCUT2D eigenvalue weighted by Crippen LogP contribution is -2.12. The van der Waals surface area contributed by atoms with Crippen molar-refractivity contribution in [2.24, 2.45) is 0 Å². The maximum absolute atomic E-state index is 13.5. The minimum Gasteiger partial charge on any atom is -0.298 e. The topological polar surface area (TPSA) is 72.7 Å². The van der Waals surface area contributed by atoms with Crippen LogP contribution in [-0.2, 0) is 6.42 Å². The lowest BCUT2D eigenvalue weighted by Gasteiger charge is -2.02. The summed E-state index contributed by atoms with van der Waals surface area (Å²) in [7, 11) is 0. The van der Waals surface area contributed by atoms with E-state index in [0.29, 0.717) is 16.4 Å². The molecule has 168 valence electrons. The summed E-state index contributed by atoms with van der Waals surface area (Å²) in [6.45, 7) is 2.13. The Balaban J connectivity index is 1.51. The van der Waals surface area contributed by atoms with Gasteiger partial charge in [-0.3, -0.25) is 15.1 Å². The fourth-order valence-electron chi connectivity index (χ4n) is 3.73. The molecule has 0 saturated carbocycles. The predicted molar refractivity (Wildman–Crippen MR) is 136 cm³/mol. The fraction of sp³-hybridized carbons (Fsp3) is 0.111. The Kier molecular flexibility index (Phi) is 6.27. The van der Waals surface area contributed by atoms with Gasteiger partial charge in [0.05, 0.1) is 16.9 Å². The Labute approximate surface area is 202 Å². The zero-order valence-electron chi connectivity index (χ0n) is 18.7. The molecular weight excluding hydrogens is 442 g/mol. The maximum atomic E-state index is 13.5. The predicted octanol–water partition coefficient (Wildman–Crippen LogP) is 6.26. The number of pyridine rings is 1. The number of benzene rings is 2. The first kappa shape index (κ1) is 21.7. The van der Waals surface area contributed by atoms with Crippen molar-refractivity contribution in [3.8, 4) is 28.3 Å². The first-order valence-corrected chi connectivity index (χ1v) is 12.0. The number of carbonyl (C=O) groups excluding carboxylic acids is 1. The molecule has 7 heteroatoms. The van der Waals surface area contributed by atoms with E-state index >= 15 is 0 Å². The number of carbonyl (C=O) groups is 1. The van der Waals surface area contributed by atoms with Gasteiger partial charge < -0.3 is 0 Å². The number of anilines is 1. The second-order valence-corrected chi connectivity index (χ2v) is 8.83. The van der Waals surface area contributed by atoms with Crippen molar-refractivity contribution in [2.75, 3.05) is 5.32 Å². The third kappa shape index (κ3) is 4.51. The molecule has 0 spiro atoms. The summed E-state index contributed by atoms with van der Waals surface area (Å²) >= 11 is 1.50. The van der Waals surface area contributed by atoms with E-state index in [4.69, 9.17) is 10.1 Å². The van der Waals surface area contributed by atoms with E-state index in [1.807, 2.05) is 78.9 Å². The van der Waals surface area contributed by atoms with E-state index < -0.39 is 0 Å². The van der Waals surface area contributed by atoms with Crippen molar-refractivity contribution in [2.45, 2.75) is 19.8 Å². The van der Waals surface area contributed by atoms with Crippen LogP contribution in [0.4, 0.5) is 5.13 Å². The lowest BCUT2D eigenvalue weighted by atomic mass is 10.1. The van der Waals surface area contributed by atoms with Crippen LogP contribution in [0.25, 0.3) is 28.3 Å². The summed E-state index contributed by atoms with van der Waals surface area (Å²) in [6, 6.07) is 25.3. The maximum Gasteiger partial charge on any atom is 0.261 e. The summed E-state index contributed by atoms with van der Waals surface area (Å²) < 4.78 is 1.74. The van der Waals surface area contributed by atoms with Gasteiger partial charge in [0.25, 0.3) is 5.91 Å². The number of amides is 1. The molecule has 0 bridgehead atoms. The van der Waals surface area contributed by atoms with Gasteiger partial charge in [0, 0.05) is 22.8 Å². The van der Waals surface area contributed by atoms with Gasteiger partial charge in [-0.25, -0.2) is 9.67 Å². The highest BCUT2D eigenvalue weighted by Crippen LogP contribution is 2.32. The van der Waals surface area contributed by atoms with E-state index in [1.165, 1.54) is 11.3 Å². The minimum absolute atomic E-state index is 0.245.